The fourth-order valence-corrected chi connectivity index (χ4v) is 5.56. The molecule has 2 saturated heterocycles. The van der Waals surface area contributed by atoms with E-state index in [9.17, 15) is 19.1 Å². The predicted octanol–water partition coefficient (Wildman–Crippen LogP) is 6.75. The summed E-state index contributed by atoms with van der Waals surface area (Å²) >= 11 is 0. The van der Waals surface area contributed by atoms with Crippen LogP contribution in [0, 0.1) is 5.82 Å². The monoisotopic (exact) mass is 542 g/mol. The van der Waals surface area contributed by atoms with Gasteiger partial charge >= 0.3 is 0 Å². The zero-order valence-corrected chi connectivity index (χ0v) is 23.4. The van der Waals surface area contributed by atoms with Crippen molar-refractivity contribution in [2.75, 3.05) is 29.5 Å². The van der Waals surface area contributed by atoms with Crippen molar-refractivity contribution in [2.45, 2.75) is 52.0 Å². The number of hydrogen-bond acceptors (Lipinski definition) is 5. The van der Waals surface area contributed by atoms with Gasteiger partial charge in [0.2, 0.25) is 0 Å². The molecule has 0 saturated carbocycles. The summed E-state index contributed by atoms with van der Waals surface area (Å²) in [7, 11) is 0. The number of benzene rings is 3. The number of aliphatic hydroxyl groups is 1. The number of ketones is 1. The Labute approximate surface area is 234 Å². The lowest BCUT2D eigenvalue weighted by atomic mass is 9.84. The molecule has 2 aliphatic rings. The fourth-order valence-electron chi connectivity index (χ4n) is 5.56. The summed E-state index contributed by atoms with van der Waals surface area (Å²) < 4.78 is 19.7. The first-order valence-corrected chi connectivity index (χ1v) is 13.8. The standard InChI is InChI=1S/C33H35FN2O4/c1-5-40-27-17-10-22(20-26(27)33(2,3)4)30(37)28-29(21-8-11-23(34)12-9-21)36(32(39)31(28)38)25-15-13-24(14-16-25)35-18-6-7-19-35/h8-17,20,29,37H,5-7,18-19H2,1-4H3/b30-28-. The lowest BCUT2D eigenvalue weighted by molar-refractivity contribution is -0.132. The van der Waals surface area contributed by atoms with Gasteiger partial charge in [-0.25, -0.2) is 4.39 Å². The number of Topliss-reactive ketones (excluding diaryl/α,β-unsaturated/α-hetero) is 1. The maximum absolute atomic E-state index is 13.9. The van der Waals surface area contributed by atoms with Crippen LogP contribution in [-0.2, 0) is 15.0 Å². The number of anilines is 2. The molecule has 7 heteroatoms. The van der Waals surface area contributed by atoms with Crippen LogP contribution in [0.5, 0.6) is 5.75 Å². The Kier molecular flexibility index (Phi) is 7.41. The van der Waals surface area contributed by atoms with Gasteiger partial charge in [0.1, 0.15) is 17.3 Å². The Bertz CT molecular complexity index is 1450. The quantitative estimate of drug-likeness (QED) is 0.212. The lowest BCUT2D eigenvalue weighted by Crippen LogP contribution is -2.29. The number of nitrogens with zero attached hydrogens (tertiary/aromatic N) is 2. The van der Waals surface area contributed by atoms with Crippen molar-refractivity contribution in [3.05, 3.63) is 94.8 Å². The molecule has 0 spiro atoms. The molecule has 1 unspecified atom stereocenters. The van der Waals surface area contributed by atoms with Gasteiger partial charge in [-0.15, -0.1) is 0 Å². The van der Waals surface area contributed by atoms with Crippen LogP contribution in [0.2, 0.25) is 0 Å². The molecular formula is C33H35FN2O4. The van der Waals surface area contributed by atoms with E-state index >= 15 is 0 Å². The Morgan fingerprint density at radius 2 is 1.57 bits per heavy atom. The highest BCUT2D eigenvalue weighted by molar-refractivity contribution is 6.51. The molecule has 40 heavy (non-hydrogen) atoms. The topological polar surface area (TPSA) is 70.1 Å². The molecule has 6 nitrogen and oxygen atoms in total. The Hall–Kier alpha value is -4.13. The molecule has 0 bridgehead atoms. The molecule has 1 amide bonds. The number of aliphatic hydroxyl groups excluding tert-OH is 1. The minimum Gasteiger partial charge on any atom is -0.507 e. The molecule has 5 rings (SSSR count). The second kappa shape index (κ2) is 10.8. The van der Waals surface area contributed by atoms with E-state index in [1.807, 2.05) is 52.0 Å². The van der Waals surface area contributed by atoms with Crippen molar-refractivity contribution in [2.24, 2.45) is 0 Å². The molecular weight excluding hydrogens is 507 g/mol. The lowest BCUT2D eigenvalue weighted by Gasteiger charge is -2.27. The maximum atomic E-state index is 13.9. The zero-order chi connectivity index (χ0) is 28.6. The van der Waals surface area contributed by atoms with Gasteiger partial charge < -0.3 is 14.7 Å². The Balaban J connectivity index is 1.64. The van der Waals surface area contributed by atoms with E-state index < -0.39 is 23.5 Å². The third-order valence-electron chi connectivity index (χ3n) is 7.59. The van der Waals surface area contributed by atoms with Gasteiger partial charge in [0, 0.05) is 35.6 Å². The van der Waals surface area contributed by atoms with E-state index in [2.05, 4.69) is 4.90 Å². The fraction of sp³-hybridized carbons (Fsp3) is 0.333. The summed E-state index contributed by atoms with van der Waals surface area (Å²) in [6.45, 7) is 10.5. The van der Waals surface area contributed by atoms with Gasteiger partial charge in [0.25, 0.3) is 11.7 Å². The SMILES string of the molecule is CCOc1ccc(/C(O)=C2/C(=O)C(=O)N(c3ccc(N4CCCC4)cc3)C2c2ccc(F)cc2)cc1C(C)(C)C. The summed E-state index contributed by atoms with van der Waals surface area (Å²) in [6, 6.07) is 17.6. The van der Waals surface area contributed by atoms with Crippen LogP contribution in [-0.4, -0.2) is 36.5 Å². The minimum atomic E-state index is -0.928. The smallest absolute Gasteiger partial charge is 0.300 e. The van der Waals surface area contributed by atoms with Gasteiger partial charge in [0.05, 0.1) is 18.2 Å². The van der Waals surface area contributed by atoms with Crippen LogP contribution in [0.4, 0.5) is 15.8 Å². The molecule has 1 atom stereocenters. The molecule has 208 valence electrons. The summed E-state index contributed by atoms with van der Waals surface area (Å²) in [5, 5.41) is 11.6. The first-order chi connectivity index (χ1) is 19.1. The van der Waals surface area contributed by atoms with Crippen LogP contribution in [0.1, 0.15) is 63.3 Å². The van der Waals surface area contributed by atoms with Gasteiger partial charge in [-0.2, -0.15) is 0 Å². The highest BCUT2D eigenvalue weighted by atomic mass is 19.1. The third-order valence-corrected chi connectivity index (χ3v) is 7.59. The number of carbonyl (C=O) groups excluding carboxylic acids is 2. The average molecular weight is 543 g/mol. The molecule has 3 aromatic rings. The number of carbonyl (C=O) groups is 2. The highest BCUT2D eigenvalue weighted by Gasteiger charge is 2.47. The highest BCUT2D eigenvalue weighted by Crippen LogP contribution is 2.43. The Morgan fingerprint density at radius 3 is 2.17 bits per heavy atom. The third kappa shape index (κ3) is 5.08. The second-order valence-electron chi connectivity index (χ2n) is 11.3. The molecule has 3 aromatic carbocycles. The molecule has 2 fully saturated rings. The first-order valence-electron chi connectivity index (χ1n) is 13.8. The minimum absolute atomic E-state index is 0.0377. The Morgan fingerprint density at radius 1 is 0.950 bits per heavy atom. The molecule has 0 aromatic heterocycles. The molecule has 0 radical (unpaired) electrons. The van der Waals surface area contributed by atoms with Crippen molar-refractivity contribution in [3.63, 3.8) is 0 Å². The second-order valence-corrected chi connectivity index (χ2v) is 11.3. The van der Waals surface area contributed by atoms with Crippen LogP contribution in [0.3, 0.4) is 0 Å². The zero-order valence-electron chi connectivity index (χ0n) is 23.4. The summed E-state index contributed by atoms with van der Waals surface area (Å²) in [5.74, 6) is -1.55. The molecule has 0 aliphatic carbocycles. The maximum Gasteiger partial charge on any atom is 0.300 e. The van der Waals surface area contributed by atoms with Crippen molar-refractivity contribution in [3.8, 4) is 5.75 Å². The van der Waals surface area contributed by atoms with E-state index in [0.29, 0.717) is 29.2 Å². The van der Waals surface area contributed by atoms with Crippen LogP contribution < -0.4 is 14.5 Å². The normalized spacial score (nSPS) is 19.0. The van der Waals surface area contributed by atoms with E-state index in [1.165, 1.54) is 17.0 Å². The average Bonchev–Trinajstić information content (AvgIpc) is 3.56. The summed E-state index contributed by atoms with van der Waals surface area (Å²) in [5.41, 5.74) is 3.03. The number of rotatable bonds is 6. The number of amides is 1. The van der Waals surface area contributed by atoms with Crippen LogP contribution >= 0.6 is 0 Å². The van der Waals surface area contributed by atoms with E-state index in [-0.39, 0.29) is 16.7 Å². The van der Waals surface area contributed by atoms with Crippen LogP contribution in [0.15, 0.2) is 72.3 Å². The van der Waals surface area contributed by atoms with E-state index in [4.69, 9.17) is 4.74 Å². The van der Waals surface area contributed by atoms with Crippen LogP contribution in [0.25, 0.3) is 5.76 Å². The van der Waals surface area contributed by atoms with Gasteiger partial charge in [-0.3, -0.25) is 14.5 Å². The predicted molar refractivity (Wildman–Crippen MR) is 155 cm³/mol. The summed E-state index contributed by atoms with van der Waals surface area (Å²) in [6.07, 6.45) is 2.28. The van der Waals surface area contributed by atoms with Crippen molar-refractivity contribution in [1.29, 1.82) is 0 Å². The first kappa shape index (κ1) is 27.4. The van der Waals surface area contributed by atoms with Crippen molar-refractivity contribution < 1.29 is 23.8 Å². The van der Waals surface area contributed by atoms with Gasteiger partial charge in [-0.1, -0.05) is 32.9 Å². The van der Waals surface area contributed by atoms with Gasteiger partial charge in [-0.05, 0) is 85.3 Å². The summed E-state index contributed by atoms with van der Waals surface area (Å²) in [4.78, 5) is 30.8. The van der Waals surface area contributed by atoms with Crippen molar-refractivity contribution in [1.82, 2.24) is 0 Å². The largest absolute Gasteiger partial charge is 0.507 e. The number of ether oxygens (including phenoxy) is 1. The molecule has 1 N–H and O–H groups in total. The van der Waals surface area contributed by atoms with E-state index in [0.717, 1.165) is 37.2 Å². The van der Waals surface area contributed by atoms with E-state index in [1.54, 1.807) is 30.3 Å². The number of halogens is 1. The van der Waals surface area contributed by atoms with Crippen molar-refractivity contribution >= 4 is 28.8 Å². The molecule has 2 heterocycles. The molecule has 2 aliphatic heterocycles. The number of hydrogen-bond donors (Lipinski definition) is 1. The van der Waals surface area contributed by atoms with Gasteiger partial charge in [0.15, 0.2) is 0 Å².